The SMILES string of the molecule is Cc1ccc(CNCC2CC3CCC2C3)s1. The maximum atomic E-state index is 3.65. The number of aryl methyl sites for hydroxylation is 1. The largest absolute Gasteiger partial charge is 0.312 e. The van der Waals surface area contributed by atoms with Gasteiger partial charge in [-0.2, -0.15) is 0 Å². The fourth-order valence-corrected chi connectivity index (χ4v) is 4.45. The highest BCUT2D eigenvalue weighted by Gasteiger charge is 2.38. The van der Waals surface area contributed by atoms with Gasteiger partial charge in [0, 0.05) is 16.3 Å². The van der Waals surface area contributed by atoms with Gasteiger partial charge in [-0.1, -0.05) is 6.42 Å². The van der Waals surface area contributed by atoms with E-state index in [1.807, 2.05) is 11.3 Å². The minimum Gasteiger partial charge on any atom is -0.312 e. The zero-order chi connectivity index (χ0) is 11.0. The minimum absolute atomic E-state index is 0.986. The van der Waals surface area contributed by atoms with Gasteiger partial charge >= 0.3 is 0 Å². The Morgan fingerprint density at radius 3 is 2.88 bits per heavy atom. The predicted octanol–water partition coefficient (Wildman–Crippen LogP) is 3.58. The van der Waals surface area contributed by atoms with E-state index in [0.717, 1.165) is 24.3 Å². The highest BCUT2D eigenvalue weighted by molar-refractivity contribution is 7.11. The first-order valence-corrected chi connectivity index (χ1v) is 7.39. The number of fused-ring (bicyclic) bond motifs is 2. The lowest BCUT2D eigenvalue weighted by molar-refractivity contribution is 0.319. The van der Waals surface area contributed by atoms with Crippen LogP contribution in [0.1, 0.15) is 35.4 Å². The highest BCUT2D eigenvalue weighted by atomic mass is 32.1. The second-order valence-electron chi connectivity index (χ2n) is 5.58. The Labute approximate surface area is 102 Å². The predicted molar refractivity (Wildman–Crippen MR) is 69.7 cm³/mol. The van der Waals surface area contributed by atoms with E-state index in [0.29, 0.717) is 0 Å². The molecule has 3 atom stereocenters. The lowest BCUT2D eigenvalue weighted by Gasteiger charge is -2.21. The van der Waals surface area contributed by atoms with Crippen LogP contribution in [0.5, 0.6) is 0 Å². The third kappa shape index (κ3) is 2.18. The smallest absolute Gasteiger partial charge is 0.0299 e. The number of hydrogen-bond acceptors (Lipinski definition) is 2. The molecule has 3 rings (SSSR count). The monoisotopic (exact) mass is 235 g/mol. The normalized spacial score (nSPS) is 32.4. The van der Waals surface area contributed by atoms with Gasteiger partial charge in [0.25, 0.3) is 0 Å². The first-order valence-electron chi connectivity index (χ1n) is 6.57. The van der Waals surface area contributed by atoms with E-state index in [2.05, 4.69) is 24.4 Å². The first-order chi connectivity index (χ1) is 7.81. The molecule has 1 aromatic rings. The van der Waals surface area contributed by atoms with Gasteiger partial charge in [0.2, 0.25) is 0 Å². The van der Waals surface area contributed by atoms with Crippen LogP contribution in [-0.4, -0.2) is 6.54 Å². The average Bonchev–Trinajstić information content (AvgIpc) is 2.94. The van der Waals surface area contributed by atoms with Crippen LogP contribution in [0.25, 0.3) is 0 Å². The molecule has 88 valence electrons. The third-order valence-corrected chi connectivity index (χ3v) is 5.39. The molecule has 1 N–H and O–H groups in total. The molecule has 2 saturated carbocycles. The molecule has 0 saturated heterocycles. The quantitative estimate of drug-likeness (QED) is 0.841. The van der Waals surface area contributed by atoms with Gasteiger partial charge in [-0.25, -0.2) is 0 Å². The molecule has 0 aromatic carbocycles. The van der Waals surface area contributed by atoms with Gasteiger partial charge in [-0.05, 0) is 62.6 Å². The Morgan fingerprint density at radius 1 is 1.31 bits per heavy atom. The number of nitrogens with one attached hydrogen (secondary N) is 1. The second kappa shape index (κ2) is 4.50. The molecule has 1 heterocycles. The van der Waals surface area contributed by atoms with Crippen LogP contribution in [0.15, 0.2) is 12.1 Å². The summed E-state index contributed by atoms with van der Waals surface area (Å²) in [6.45, 7) is 4.51. The Hall–Kier alpha value is -0.340. The van der Waals surface area contributed by atoms with Crippen LogP contribution in [-0.2, 0) is 6.54 Å². The van der Waals surface area contributed by atoms with E-state index >= 15 is 0 Å². The van der Waals surface area contributed by atoms with E-state index in [4.69, 9.17) is 0 Å². The van der Waals surface area contributed by atoms with Crippen molar-refractivity contribution in [1.82, 2.24) is 5.32 Å². The Balaban J connectivity index is 1.44. The molecule has 1 aromatic heterocycles. The summed E-state index contributed by atoms with van der Waals surface area (Å²) < 4.78 is 0. The van der Waals surface area contributed by atoms with Crippen LogP contribution in [0.3, 0.4) is 0 Å². The molecule has 3 unspecified atom stereocenters. The topological polar surface area (TPSA) is 12.0 Å². The van der Waals surface area contributed by atoms with Crippen LogP contribution in [0, 0.1) is 24.7 Å². The van der Waals surface area contributed by atoms with Gasteiger partial charge in [-0.3, -0.25) is 0 Å². The van der Waals surface area contributed by atoms with Gasteiger partial charge in [0.1, 0.15) is 0 Å². The molecule has 2 heteroatoms. The lowest BCUT2D eigenvalue weighted by Crippen LogP contribution is -2.25. The van der Waals surface area contributed by atoms with Crippen molar-refractivity contribution < 1.29 is 0 Å². The van der Waals surface area contributed by atoms with Gasteiger partial charge in [0.15, 0.2) is 0 Å². The zero-order valence-electron chi connectivity index (χ0n) is 10.0. The van der Waals surface area contributed by atoms with E-state index in [9.17, 15) is 0 Å². The van der Waals surface area contributed by atoms with Crippen LogP contribution in [0.2, 0.25) is 0 Å². The van der Waals surface area contributed by atoms with Crippen molar-refractivity contribution in [2.24, 2.45) is 17.8 Å². The van der Waals surface area contributed by atoms with Crippen molar-refractivity contribution in [1.29, 1.82) is 0 Å². The molecular formula is C14H21NS. The number of hydrogen-bond donors (Lipinski definition) is 1. The summed E-state index contributed by atoms with van der Waals surface area (Å²) in [7, 11) is 0. The highest BCUT2D eigenvalue weighted by Crippen LogP contribution is 2.47. The summed E-state index contributed by atoms with van der Waals surface area (Å²) in [5.41, 5.74) is 0. The molecule has 0 radical (unpaired) electrons. The molecule has 0 amide bonds. The van der Waals surface area contributed by atoms with E-state index < -0.39 is 0 Å². The lowest BCUT2D eigenvalue weighted by atomic mass is 9.89. The van der Waals surface area contributed by atoms with Crippen LogP contribution >= 0.6 is 11.3 Å². The Kier molecular flexibility index (Phi) is 3.03. The third-order valence-electron chi connectivity index (χ3n) is 4.39. The molecule has 2 bridgehead atoms. The summed E-state index contributed by atoms with van der Waals surface area (Å²) in [6, 6.07) is 4.48. The summed E-state index contributed by atoms with van der Waals surface area (Å²) in [6.07, 6.45) is 6.06. The van der Waals surface area contributed by atoms with Crippen LogP contribution < -0.4 is 5.32 Å². The molecule has 2 fully saturated rings. The maximum Gasteiger partial charge on any atom is 0.0299 e. The fourth-order valence-electron chi connectivity index (χ4n) is 3.59. The number of thiophene rings is 1. The van der Waals surface area contributed by atoms with E-state index in [1.165, 1.54) is 42.0 Å². The van der Waals surface area contributed by atoms with Crippen molar-refractivity contribution in [2.45, 2.75) is 39.2 Å². The van der Waals surface area contributed by atoms with Crippen molar-refractivity contribution in [3.63, 3.8) is 0 Å². The Morgan fingerprint density at radius 2 is 2.25 bits per heavy atom. The molecule has 16 heavy (non-hydrogen) atoms. The maximum absolute atomic E-state index is 3.65. The molecule has 1 nitrogen and oxygen atoms in total. The first kappa shape index (κ1) is 10.8. The molecule has 2 aliphatic carbocycles. The minimum atomic E-state index is 0.986. The Bertz CT molecular complexity index is 357. The molecular weight excluding hydrogens is 214 g/mol. The molecule has 2 aliphatic rings. The van der Waals surface area contributed by atoms with Gasteiger partial charge in [0.05, 0.1) is 0 Å². The van der Waals surface area contributed by atoms with E-state index in [1.54, 1.807) is 0 Å². The van der Waals surface area contributed by atoms with E-state index in [-0.39, 0.29) is 0 Å². The van der Waals surface area contributed by atoms with Crippen molar-refractivity contribution in [2.75, 3.05) is 6.54 Å². The van der Waals surface area contributed by atoms with Gasteiger partial charge in [-0.15, -0.1) is 11.3 Å². The van der Waals surface area contributed by atoms with Crippen molar-refractivity contribution >= 4 is 11.3 Å². The van der Waals surface area contributed by atoms with Crippen molar-refractivity contribution in [3.05, 3.63) is 21.9 Å². The fraction of sp³-hybridized carbons (Fsp3) is 0.714. The standard InChI is InChI=1S/C14H21NS/c1-10-2-5-14(16-10)9-15-8-13-7-11-3-4-12(13)6-11/h2,5,11-13,15H,3-4,6-9H2,1H3. The zero-order valence-corrected chi connectivity index (χ0v) is 10.9. The second-order valence-corrected chi connectivity index (χ2v) is 6.95. The van der Waals surface area contributed by atoms with Crippen molar-refractivity contribution in [3.8, 4) is 0 Å². The average molecular weight is 235 g/mol. The van der Waals surface area contributed by atoms with Crippen LogP contribution in [0.4, 0.5) is 0 Å². The summed E-state index contributed by atoms with van der Waals surface area (Å²) in [4.78, 5) is 2.91. The van der Waals surface area contributed by atoms with Gasteiger partial charge < -0.3 is 5.32 Å². The summed E-state index contributed by atoms with van der Waals surface area (Å²) in [5, 5.41) is 3.65. The molecule has 0 spiro atoms. The number of rotatable bonds is 4. The summed E-state index contributed by atoms with van der Waals surface area (Å²) in [5.74, 6) is 3.13. The summed E-state index contributed by atoms with van der Waals surface area (Å²) >= 11 is 1.92. The molecule has 0 aliphatic heterocycles.